The van der Waals surface area contributed by atoms with Gasteiger partial charge in [-0.15, -0.1) is 0 Å². The number of hydrogen-bond donors (Lipinski definition) is 3. The van der Waals surface area contributed by atoms with Crippen LogP contribution in [0.4, 0.5) is 0 Å². The van der Waals surface area contributed by atoms with Gasteiger partial charge in [0.2, 0.25) is 0 Å². The molecule has 0 spiro atoms. The summed E-state index contributed by atoms with van der Waals surface area (Å²) in [4.78, 5) is 2.57. The fraction of sp³-hybridized carbons (Fsp3) is 0.632. The van der Waals surface area contributed by atoms with Crippen molar-refractivity contribution in [3.8, 4) is 0 Å². The Bertz CT molecular complexity index is 763. The van der Waals surface area contributed by atoms with Gasteiger partial charge in [0.05, 0.1) is 22.6 Å². The van der Waals surface area contributed by atoms with E-state index in [0.29, 0.717) is 11.3 Å². The number of hydrogen-bond acceptors (Lipinski definition) is 5. The molecule has 2 aliphatic heterocycles. The zero-order valence-electron chi connectivity index (χ0n) is 15.4. The van der Waals surface area contributed by atoms with Crippen LogP contribution in [0.5, 0.6) is 0 Å². The molecule has 2 aliphatic rings. The second-order valence-electron chi connectivity index (χ2n) is 7.44. The molecule has 2 saturated heterocycles. The highest BCUT2D eigenvalue weighted by Gasteiger charge is 2.29. The van der Waals surface area contributed by atoms with Crippen LogP contribution in [0, 0.1) is 0 Å². The van der Waals surface area contributed by atoms with Gasteiger partial charge in [0.1, 0.15) is 0 Å². The van der Waals surface area contributed by atoms with Gasteiger partial charge >= 0.3 is 0 Å². The second kappa shape index (κ2) is 8.17. The van der Waals surface area contributed by atoms with E-state index in [1.165, 1.54) is 11.1 Å². The van der Waals surface area contributed by atoms with E-state index in [4.69, 9.17) is 0 Å². The number of aromatic amines is 1. The van der Waals surface area contributed by atoms with Crippen molar-refractivity contribution in [3.63, 3.8) is 0 Å². The highest BCUT2D eigenvalue weighted by molar-refractivity contribution is 7.86. The molecule has 2 aromatic rings. The van der Waals surface area contributed by atoms with Crippen LogP contribution in [0.3, 0.4) is 0 Å². The first-order chi connectivity index (χ1) is 12.7. The van der Waals surface area contributed by atoms with Crippen LogP contribution in [0.25, 0.3) is 10.9 Å². The number of nitrogens with one attached hydrogen (secondary N) is 3. The van der Waals surface area contributed by atoms with E-state index in [9.17, 15) is 4.21 Å². The van der Waals surface area contributed by atoms with Gasteiger partial charge in [-0.2, -0.15) is 5.10 Å². The predicted octanol–water partition coefficient (Wildman–Crippen LogP) is 1.75. The van der Waals surface area contributed by atoms with E-state index in [1.54, 1.807) is 0 Å². The summed E-state index contributed by atoms with van der Waals surface area (Å²) in [5, 5.41) is 16.4. The molecule has 0 amide bonds. The van der Waals surface area contributed by atoms with Crippen LogP contribution in [0.15, 0.2) is 24.3 Å². The monoisotopic (exact) mass is 375 g/mol. The minimum atomic E-state index is -0.709. The Labute approximate surface area is 157 Å². The fourth-order valence-electron chi connectivity index (χ4n) is 4.14. The lowest BCUT2D eigenvalue weighted by Crippen LogP contribution is -2.46. The number of nitrogens with zero attached hydrogens (tertiary/aromatic N) is 2. The lowest BCUT2D eigenvalue weighted by atomic mass is 10.0. The maximum absolute atomic E-state index is 12.2. The number of rotatable bonds is 6. The van der Waals surface area contributed by atoms with Gasteiger partial charge in [0, 0.05) is 47.6 Å². The second-order valence-corrected chi connectivity index (χ2v) is 9.47. The number of para-hydroxylation sites is 1. The smallest absolute Gasteiger partial charge is 0.0924 e. The average molecular weight is 376 g/mol. The van der Waals surface area contributed by atoms with Crippen molar-refractivity contribution < 1.29 is 4.21 Å². The standard InChI is InChI=1S/C19H29N5OS/c1-14-12-21-18(26(14)25)8-4-5-10-24-11-9-20-13-17(24)19-15-6-2-3-7-16(15)22-23-19/h2-3,6-7,14,17-18,20-21H,4-5,8-13H2,1H3,(H,22,23). The Morgan fingerprint density at radius 2 is 2.15 bits per heavy atom. The van der Waals surface area contributed by atoms with Crippen molar-refractivity contribution in [2.45, 2.75) is 42.9 Å². The number of unbranched alkanes of at least 4 members (excludes halogenated alkanes) is 1. The van der Waals surface area contributed by atoms with Crippen molar-refractivity contribution in [1.29, 1.82) is 0 Å². The molecule has 2 fully saturated rings. The summed E-state index contributed by atoms with van der Waals surface area (Å²) in [5.41, 5.74) is 2.26. The third-order valence-corrected chi connectivity index (χ3v) is 7.57. The Kier molecular flexibility index (Phi) is 5.69. The first-order valence-corrected chi connectivity index (χ1v) is 11.0. The normalized spacial score (nSPS) is 30.2. The van der Waals surface area contributed by atoms with Crippen LogP contribution in [0.2, 0.25) is 0 Å². The number of benzene rings is 1. The van der Waals surface area contributed by atoms with E-state index in [0.717, 1.165) is 57.5 Å². The Balaban J connectivity index is 1.35. The Hall–Kier alpha value is -1.28. The molecule has 4 atom stereocenters. The molecular formula is C19H29N5OS. The summed E-state index contributed by atoms with van der Waals surface area (Å²) < 4.78 is 12.2. The van der Waals surface area contributed by atoms with Gasteiger partial charge in [-0.05, 0) is 38.8 Å². The Morgan fingerprint density at radius 1 is 1.27 bits per heavy atom. The van der Waals surface area contributed by atoms with Crippen molar-refractivity contribution >= 4 is 21.7 Å². The predicted molar refractivity (Wildman–Crippen MR) is 107 cm³/mol. The lowest BCUT2D eigenvalue weighted by molar-refractivity contribution is 0.156. The maximum atomic E-state index is 12.2. The van der Waals surface area contributed by atoms with Gasteiger partial charge in [0.25, 0.3) is 0 Å². The number of fused-ring (bicyclic) bond motifs is 1. The number of piperazine rings is 1. The molecule has 4 unspecified atom stereocenters. The van der Waals surface area contributed by atoms with Crippen LogP contribution < -0.4 is 10.6 Å². The van der Waals surface area contributed by atoms with Crippen LogP contribution >= 0.6 is 0 Å². The molecule has 26 heavy (non-hydrogen) atoms. The van der Waals surface area contributed by atoms with Crippen LogP contribution in [-0.2, 0) is 10.8 Å². The lowest BCUT2D eigenvalue weighted by Gasteiger charge is -2.35. The quantitative estimate of drug-likeness (QED) is 0.671. The van der Waals surface area contributed by atoms with E-state index >= 15 is 0 Å². The molecule has 0 saturated carbocycles. The van der Waals surface area contributed by atoms with Gasteiger partial charge in [-0.1, -0.05) is 18.2 Å². The number of aromatic nitrogens is 2. The molecule has 3 N–H and O–H groups in total. The van der Waals surface area contributed by atoms with Crippen LogP contribution in [0.1, 0.15) is 37.9 Å². The molecular weight excluding hydrogens is 346 g/mol. The Morgan fingerprint density at radius 3 is 3.00 bits per heavy atom. The minimum Gasteiger partial charge on any atom is -0.313 e. The molecule has 0 bridgehead atoms. The van der Waals surface area contributed by atoms with Crippen molar-refractivity contribution in [2.24, 2.45) is 0 Å². The molecule has 3 heterocycles. The third-order valence-electron chi connectivity index (χ3n) is 5.65. The van der Waals surface area contributed by atoms with Crippen molar-refractivity contribution in [1.82, 2.24) is 25.7 Å². The molecule has 0 aliphatic carbocycles. The van der Waals surface area contributed by atoms with Crippen molar-refractivity contribution in [3.05, 3.63) is 30.0 Å². The van der Waals surface area contributed by atoms with E-state index < -0.39 is 10.8 Å². The van der Waals surface area contributed by atoms with E-state index in [-0.39, 0.29) is 5.37 Å². The van der Waals surface area contributed by atoms with E-state index in [2.05, 4.69) is 50.9 Å². The summed E-state index contributed by atoms with van der Waals surface area (Å²) in [7, 11) is -0.709. The van der Waals surface area contributed by atoms with Gasteiger partial charge in [0.15, 0.2) is 0 Å². The highest BCUT2D eigenvalue weighted by Crippen LogP contribution is 2.27. The molecule has 0 radical (unpaired) electrons. The highest BCUT2D eigenvalue weighted by atomic mass is 32.2. The summed E-state index contributed by atoms with van der Waals surface area (Å²) in [5.74, 6) is 0. The van der Waals surface area contributed by atoms with E-state index in [1.807, 2.05) is 6.07 Å². The summed E-state index contributed by atoms with van der Waals surface area (Å²) in [6.45, 7) is 7.09. The van der Waals surface area contributed by atoms with Crippen molar-refractivity contribution in [2.75, 3.05) is 32.7 Å². The molecule has 142 valence electrons. The molecule has 6 nitrogen and oxygen atoms in total. The summed E-state index contributed by atoms with van der Waals surface area (Å²) in [6.07, 6.45) is 3.28. The summed E-state index contributed by atoms with van der Waals surface area (Å²) >= 11 is 0. The topological polar surface area (TPSA) is 73.0 Å². The molecule has 1 aromatic heterocycles. The zero-order chi connectivity index (χ0) is 17.9. The van der Waals surface area contributed by atoms with Gasteiger partial charge in [-0.25, -0.2) is 0 Å². The molecule has 7 heteroatoms. The molecule has 1 aromatic carbocycles. The summed E-state index contributed by atoms with van der Waals surface area (Å²) in [6, 6.07) is 8.67. The SMILES string of the molecule is CC1CNC(CCCCN2CCNCC2c2[nH]nc3ccccc23)S1=O. The van der Waals surface area contributed by atoms with Gasteiger partial charge < -0.3 is 10.6 Å². The first-order valence-electron chi connectivity index (χ1n) is 9.74. The molecule has 4 rings (SSSR count). The third kappa shape index (κ3) is 3.71. The number of H-pyrrole nitrogens is 1. The maximum Gasteiger partial charge on any atom is 0.0924 e. The first kappa shape index (κ1) is 18.1. The van der Waals surface area contributed by atoms with Gasteiger partial charge in [-0.3, -0.25) is 14.2 Å². The minimum absolute atomic E-state index is 0.195. The van der Waals surface area contributed by atoms with Crippen LogP contribution in [-0.4, -0.2) is 62.7 Å². The zero-order valence-corrected chi connectivity index (χ0v) is 16.2. The largest absolute Gasteiger partial charge is 0.313 e. The fourth-order valence-corrected chi connectivity index (χ4v) is 5.62. The average Bonchev–Trinajstić information content (AvgIpc) is 3.24.